The van der Waals surface area contributed by atoms with Crippen molar-refractivity contribution in [1.82, 2.24) is 9.99 Å². The molecule has 8 heteroatoms. The first kappa shape index (κ1) is 21.6. The number of halogens is 3. The highest BCUT2D eigenvalue weighted by atomic mass is 79.9. The highest BCUT2D eigenvalue weighted by molar-refractivity contribution is 9.11. The molecule has 5 nitrogen and oxygen atoms in total. The maximum atomic E-state index is 12.0. The summed E-state index contributed by atoms with van der Waals surface area (Å²) < 4.78 is 9.27. The van der Waals surface area contributed by atoms with Gasteiger partial charge in [0.2, 0.25) is 0 Å². The lowest BCUT2D eigenvalue weighted by molar-refractivity contribution is -0.123. The Morgan fingerprint density at radius 2 is 2.00 bits per heavy atom. The first-order valence-corrected chi connectivity index (χ1v) is 10.7. The summed E-state index contributed by atoms with van der Waals surface area (Å²) in [5.74, 6) is 0.233. The van der Waals surface area contributed by atoms with Crippen LogP contribution < -0.4 is 10.2 Å². The van der Waals surface area contributed by atoms with Crippen LogP contribution in [0.4, 0.5) is 0 Å². The third-order valence-electron chi connectivity index (χ3n) is 4.18. The molecule has 29 heavy (non-hydrogen) atoms. The van der Waals surface area contributed by atoms with Crippen molar-refractivity contribution in [2.45, 2.75) is 13.8 Å². The summed E-state index contributed by atoms with van der Waals surface area (Å²) in [6, 6.07) is 15.1. The van der Waals surface area contributed by atoms with Gasteiger partial charge < -0.3 is 9.30 Å². The van der Waals surface area contributed by atoms with Crippen molar-refractivity contribution >= 4 is 55.6 Å². The molecule has 1 amide bonds. The van der Waals surface area contributed by atoms with E-state index in [0.717, 1.165) is 31.6 Å². The summed E-state index contributed by atoms with van der Waals surface area (Å²) in [4.78, 5) is 12.0. The number of ether oxygens (including phenoxy) is 1. The zero-order chi connectivity index (χ0) is 21.0. The van der Waals surface area contributed by atoms with Crippen molar-refractivity contribution in [2.75, 3.05) is 6.61 Å². The number of amides is 1. The summed E-state index contributed by atoms with van der Waals surface area (Å²) in [6.07, 6.45) is 1.62. The van der Waals surface area contributed by atoms with Gasteiger partial charge in [0, 0.05) is 32.1 Å². The molecule has 0 saturated heterocycles. The van der Waals surface area contributed by atoms with Gasteiger partial charge in [0.1, 0.15) is 5.75 Å². The first-order chi connectivity index (χ1) is 13.8. The molecular formula is C21H18Br2ClN3O2. The molecule has 0 fully saturated rings. The van der Waals surface area contributed by atoms with Crippen LogP contribution in [-0.2, 0) is 4.79 Å². The molecule has 1 aromatic heterocycles. The number of benzene rings is 2. The van der Waals surface area contributed by atoms with Crippen LogP contribution in [0.5, 0.6) is 5.75 Å². The summed E-state index contributed by atoms with van der Waals surface area (Å²) in [5.41, 5.74) is 6.41. The number of carbonyl (C=O) groups is 1. The predicted molar refractivity (Wildman–Crippen MR) is 123 cm³/mol. The molecule has 0 bridgehead atoms. The Labute approximate surface area is 191 Å². The molecule has 3 aromatic rings. The molecule has 1 N–H and O–H groups in total. The van der Waals surface area contributed by atoms with Crippen molar-refractivity contribution < 1.29 is 9.53 Å². The predicted octanol–water partition coefficient (Wildman–Crippen LogP) is 5.80. The van der Waals surface area contributed by atoms with E-state index in [4.69, 9.17) is 16.3 Å². The fraction of sp³-hybridized carbons (Fsp3) is 0.143. The topological polar surface area (TPSA) is 55.6 Å². The number of nitrogens with one attached hydrogen (secondary N) is 1. The van der Waals surface area contributed by atoms with Gasteiger partial charge in [0.25, 0.3) is 5.91 Å². The maximum Gasteiger partial charge on any atom is 0.277 e. The largest absolute Gasteiger partial charge is 0.483 e. The lowest BCUT2D eigenvalue weighted by Crippen LogP contribution is -2.24. The van der Waals surface area contributed by atoms with Gasteiger partial charge in [-0.3, -0.25) is 4.79 Å². The first-order valence-electron chi connectivity index (χ1n) is 8.70. The second kappa shape index (κ2) is 9.61. The molecule has 0 aliphatic heterocycles. The molecule has 3 rings (SSSR count). The Kier molecular flexibility index (Phi) is 7.16. The van der Waals surface area contributed by atoms with Gasteiger partial charge in [0.05, 0.1) is 10.7 Å². The van der Waals surface area contributed by atoms with Crippen LogP contribution in [0, 0.1) is 13.8 Å². The Bertz CT molecular complexity index is 1080. The molecule has 0 spiro atoms. The number of hydrogen-bond acceptors (Lipinski definition) is 3. The van der Waals surface area contributed by atoms with E-state index in [1.807, 2.05) is 56.3 Å². The van der Waals surface area contributed by atoms with Crippen molar-refractivity contribution in [2.24, 2.45) is 5.10 Å². The number of hydrogen-bond donors (Lipinski definition) is 1. The van der Waals surface area contributed by atoms with Gasteiger partial charge in [-0.25, -0.2) is 5.43 Å². The molecule has 0 aliphatic carbocycles. The van der Waals surface area contributed by atoms with Crippen LogP contribution in [0.15, 0.2) is 62.6 Å². The average molecular weight is 540 g/mol. The summed E-state index contributed by atoms with van der Waals surface area (Å²) in [5, 5.41) is 4.73. The SMILES string of the molecule is Cc1cc(/C=N/NC(=O)COc2ccc(Br)cc2Br)c(C)n1-c1cccc(Cl)c1. The molecule has 1 heterocycles. The highest BCUT2D eigenvalue weighted by Gasteiger charge is 2.10. The van der Waals surface area contributed by atoms with Gasteiger partial charge in [0.15, 0.2) is 6.61 Å². The van der Waals surface area contributed by atoms with Crippen LogP contribution in [-0.4, -0.2) is 23.3 Å². The maximum absolute atomic E-state index is 12.0. The standard InChI is InChI=1S/C21H18Br2ClN3O2/c1-13-8-15(14(2)27(13)18-5-3-4-17(24)10-18)11-25-26-21(28)12-29-20-7-6-16(22)9-19(20)23/h3-11H,12H2,1-2H3,(H,26,28)/b25-11+. The average Bonchev–Trinajstić information content (AvgIpc) is 2.94. The quantitative estimate of drug-likeness (QED) is 0.318. The summed E-state index contributed by atoms with van der Waals surface area (Å²) in [6.45, 7) is 3.86. The van der Waals surface area contributed by atoms with E-state index in [1.165, 1.54) is 0 Å². The van der Waals surface area contributed by atoms with Crippen LogP contribution in [0.3, 0.4) is 0 Å². The fourth-order valence-electron chi connectivity index (χ4n) is 2.87. The Balaban J connectivity index is 1.63. The number of aryl methyl sites for hydroxylation is 1. The van der Waals surface area contributed by atoms with E-state index in [1.54, 1.807) is 12.3 Å². The zero-order valence-corrected chi connectivity index (χ0v) is 19.7. The lowest BCUT2D eigenvalue weighted by Gasteiger charge is -2.09. The second-order valence-electron chi connectivity index (χ2n) is 6.30. The van der Waals surface area contributed by atoms with Crippen LogP contribution in [0.25, 0.3) is 5.69 Å². The molecule has 2 aromatic carbocycles. The minimum atomic E-state index is -0.347. The number of aromatic nitrogens is 1. The fourth-order valence-corrected chi connectivity index (χ4v) is 4.22. The van der Waals surface area contributed by atoms with Crippen LogP contribution >= 0.6 is 43.5 Å². The number of hydrazone groups is 1. The van der Waals surface area contributed by atoms with E-state index in [2.05, 4.69) is 47.0 Å². The number of nitrogens with zero attached hydrogens (tertiary/aromatic N) is 2. The van der Waals surface area contributed by atoms with Crippen molar-refractivity contribution in [3.8, 4) is 11.4 Å². The van der Waals surface area contributed by atoms with Gasteiger partial charge in [-0.05, 0) is 72.2 Å². The van der Waals surface area contributed by atoms with Crippen molar-refractivity contribution in [3.63, 3.8) is 0 Å². The van der Waals surface area contributed by atoms with E-state index in [9.17, 15) is 4.79 Å². The van der Waals surface area contributed by atoms with E-state index < -0.39 is 0 Å². The molecule has 0 aliphatic rings. The van der Waals surface area contributed by atoms with Gasteiger partial charge in [-0.2, -0.15) is 5.10 Å². The molecular weight excluding hydrogens is 522 g/mol. The van der Waals surface area contributed by atoms with Crippen LogP contribution in [0.1, 0.15) is 17.0 Å². The lowest BCUT2D eigenvalue weighted by atomic mass is 10.2. The van der Waals surface area contributed by atoms with Gasteiger partial charge >= 0.3 is 0 Å². The van der Waals surface area contributed by atoms with Crippen molar-refractivity contribution in [3.05, 3.63) is 79.5 Å². The Morgan fingerprint density at radius 3 is 2.72 bits per heavy atom. The number of rotatable bonds is 6. The Hall–Kier alpha value is -2.09. The highest BCUT2D eigenvalue weighted by Crippen LogP contribution is 2.28. The normalized spacial score (nSPS) is 11.1. The van der Waals surface area contributed by atoms with Gasteiger partial charge in [-0.1, -0.05) is 33.6 Å². The third kappa shape index (κ3) is 5.50. The van der Waals surface area contributed by atoms with Gasteiger partial charge in [-0.15, -0.1) is 0 Å². The monoisotopic (exact) mass is 537 g/mol. The van der Waals surface area contributed by atoms with Crippen LogP contribution in [0.2, 0.25) is 5.02 Å². The van der Waals surface area contributed by atoms with E-state index >= 15 is 0 Å². The molecule has 150 valence electrons. The minimum absolute atomic E-state index is 0.140. The molecule has 0 unspecified atom stereocenters. The summed E-state index contributed by atoms with van der Waals surface area (Å²) >= 11 is 12.9. The van der Waals surface area contributed by atoms with Crippen molar-refractivity contribution in [1.29, 1.82) is 0 Å². The molecule has 0 radical (unpaired) electrons. The van der Waals surface area contributed by atoms with E-state index in [-0.39, 0.29) is 12.5 Å². The zero-order valence-electron chi connectivity index (χ0n) is 15.7. The summed E-state index contributed by atoms with van der Waals surface area (Å²) in [7, 11) is 0. The van der Waals surface area contributed by atoms with E-state index in [0.29, 0.717) is 10.8 Å². The second-order valence-corrected chi connectivity index (χ2v) is 8.50. The third-order valence-corrected chi connectivity index (χ3v) is 5.53. The Morgan fingerprint density at radius 1 is 1.21 bits per heavy atom. The molecule has 0 saturated carbocycles. The minimum Gasteiger partial charge on any atom is -0.483 e. The smallest absolute Gasteiger partial charge is 0.277 e. The molecule has 0 atom stereocenters. The number of carbonyl (C=O) groups excluding carboxylic acids is 1.